The van der Waals surface area contributed by atoms with Gasteiger partial charge in [0.15, 0.2) is 0 Å². The van der Waals surface area contributed by atoms with Gasteiger partial charge in [-0.3, -0.25) is 0 Å². The first-order valence-corrected chi connectivity index (χ1v) is 7.49. The Hall–Kier alpha value is -1.56. The predicted molar refractivity (Wildman–Crippen MR) is 82.3 cm³/mol. The van der Waals surface area contributed by atoms with E-state index in [1.165, 1.54) is 43.2 Å². The number of allylic oxidation sites excluding steroid dienone is 6. The highest BCUT2D eigenvalue weighted by Crippen LogP contribution is 2.30. The molecule has 1 aromatic rings. The lowest BCUT2D eigenvalue weighted by molar-refractivity contribution is 0.613. The molecular formula is C19H22. The summed E-state index contributed by atoms with van der Waals surface area (Å²) in [4.78, 5) is 0. The highest BCUT2D eigenvalue weighted by Gasteiger charge is 2.13. The van der Waals surface area contributed by atoms with E-state index in [4.69, 9.17) is 0 Å². The van der Waals surface area contributed by atoms with Crippen molar-refractivity contribution in [2.45, 2.75) is 38.0 Å². The van der Waals surface area contributed by atoms with Crippen molar-refractivity contribution >= 4 is 0 Å². The summed E-state index contributed by atoms with van der Waals surface area (Å²) in [7, 11) is 0. The van der Waals surface area contributed by atoms with Crippen molar-refractivity contribution in [3.63, 3.8) is 0 Å². The molecule has 0 saturated carbocycles. The van der Waals surface area contributed by atoms with Crippen molar-refractivity contribution in [2.75, 3.05) is 0 Å². The van der Waals surface area contributed by atoms with Crippen molar-refractivity contribution in [3.8, 4) is 0 Å². The molecule has 3 rings (SSSR count). The van der Waals surface area contributed by atoms with E-state index in [9.17, 15) is 0 Å². The molecule has 0 radical (unpaired) electrons. The molecule has 2 unspecified atom stereocenters. The lowest BCUT2D eigenvalue weighted by Gasteiger charge is -2.20. The van der Waals surface area contributed by atoms with Crippen LogP contribution in [0.2, 0.25) is 0 Å². The van der Waals surface area contributed by atoms with Gasteiger partial charge < -0.3 is 0 Å². The average Bonchev–Trinajstić information content (AvgIpc) is 2.49. The van der Waals surface area contributed by atoms with Gasteiger partial charge in [0, 0.05) is 0 Å². The summed E-state index contributed by atoms with van der Waals surface area (Å²) in [6.07, 6.45) is 19.8. The third-order valence-corrected chi connectivity index (χ3v) is 4.26. The maximum atomic E-state index is 2.44. The minimum atomic E-state index is 0.687. The summed E-state index contributed by atoms with van der Waals surface area (Å²) in [6.45, 7) is 0. The summed E-state index contributed by atoms with van der Waals surface area (Å²) in [5.41, 5.74) is 3.04. The largest absolute Gasteiger partial charge is 0.0885 e. The third-order valence-electron chi connectivity index (χ3n) is 4.26. The van der Waals surface area contributed by atoms with Gasteiger partial charge in [0.25, 0.3) is 0 Å². The van der Waals surface area contributed by atoms with E-state index in [1.807, 2.05) is 0 Å². The highest BCUT2D eigenvalue weighted by molar-refractivity contribution is 5.29. The van der Waals surface area contributed by atoms with Crippen LogP contribution in [0, 0.1) is 5.92 Å². The van der Waals surface area contributed by atoms with E-state index in [0.29, 0.717) is 5.92 Å². The molecule has 2 aliphatic carbocycles. The second-order valence-corrected chi connectivity index (χ2v) is 5.74. The van der Waals surface area contributed by atoms with Gasteiger partial charge in [-0.25, -0.2) is 0 Å². The fourth-order valence-corrected chi connectivity index (χ4v) is 3.16. The normalized spacial score (nSPS) is 25.7. The van der Waals surface area contributed by atoms with Crippen LogP contribution >= 0.6 is 0 Å². The Balaban J connectivity index is 1.70. The molecule has 0 heteroatoms. The summed E-state index contributed by atoms with van der Waals surface area (Å²) in [6, 6.07) is 9.28. The molecular weight excluding hydrogens is 228 g/mol. The summed E-state index contributed by atoms with van der Waals surface area (Å²) in [5.74, 6) is 1.43. The molecule has 0 aromatic heterocycles. The van der Waals surface area contributed by atoms with E-state index in [0.717, 1.165) is 5.92 Å². The Labute approximate surface area is 116 Å². The van der Waals surface area contributed by atoms with Crippen LogP contribution in [-0.2, 0) is 6.42 Å². The Bertz CT molecular complexity index is 505. The molecule has 0 amide bonds. The SMILES string of the molecule is C1=CCC(Cc2cccc(C3CC=CCC3)c2)C=C1. The third kappa shape index (κ3) is 3.26. The van der Waals surface area contributed by atoms with E-state index in [2.05, 4.69) is 60.7 Å². The first-order chi connectivity index (χ1) is 9.42. The standard InChI is InChI=1S/C19H22/c1-3-8-16(9-4-1)14-17-10-7-13-19(15-17)18-11-5-2-6-12-18/h1-5,7-8,10,13,15-16,18H,6,9,11-12,14H2. The molecule has 0 spiro atoms. The van der Waals surface area contributed by atoms with Crippen LogP contribution in [-0.4, -0.2) is 0 Å². The van der Waals surface area contributed by atoms with E-state index < -0.39 is 0 Å². The molecule has 1 aromatic carbocycles. The van der Waals surface area contributed by atoms with Crippen LogP contribution < -0.4 is 0 Å². The van der Waals surface area contributed by atoms with Crippen LogP contribution in [0.1, 0.15) is 42.7 Å². The first kappa shape index (κ1) is 12.5. The van der Waals surface area contributed by atoms with Gasteiger partial charge in [-0.05, 0) is 55.1 Å². The zero-order valence-corrected chi connectivity index (χ0v) is 11.5. The Morgan fingerprint density at radius 2 is 2.00 bits per heavy atom. The van der Waals surface area contributed by atoms with Crippen LogP contribution in [0.3, 0.4) is 0 Å². The van der Waals surface area contributed by atoms with Gasteiger partial charge in [0.05, 0.1) is 0 Å². The molecule has 0 N–H and O–H groups in total. The Morgan fingerprint density at radius 3 is 2.79 bits per heavy atom. The summed E-state index contributed by atoms with van der Waals surface area (Å²) >= 11 is 0. The molecule has 0 fully saturated rings. The molecule has 0 bridgehead atoms. The van der Waals surface area contributed by atoms with Crippen molar-refractivity contribution < 1.29 is 0 Å². The average molecular weight is 250 g/mol. The van der Waals surface area contributed by atoms with Crippen LogP contribution in [0.5, 0.6) is 0 Å². The Kier molecular flexibility index (Phi) is 3.98. The molecule has 19 heavy (non-hydrogen) atoms. The van der Waals surface area contributed by atoms with Gasteiger partial charge in [-0.1, -0.05) is 60.7 Å². The van der Waals surface area contributed by atoms with E-state index in [-0.39, 0.29) is 0 Å². The second kappa shape index (κ2) is 6.06. The van der Waals surface area contributed by atoms with Crippen molar-refractivity contribution in [3.05, 3.63) is 71.8 Å². The minimum Gasteiger partial charge on any atom is -0.0885 e. The van der Waals surface area contributed by atoms with Gasteiger partial charge >= 0.3 is 0 Å². The first-order valence-electron chi connectivity index (χ1n) is 7.49. The predicted octanol–water partition coefficient (Wildman–Crippen LogP) is 5.19. The molecule has 0 aliphatic heterocycles. The maximum absolute atomic E-state index is 2.44. The Morgan fingerprint density at radius 1 is 1.00 bits per heavy atom. The van der Waals surface area contributed by atoms with Gasteiger partial charge in [-0.15, -0.1) is 0 Å². The monoisotopic (exact) mass is 250 g/mol. The van der Waals surface area contributed by atoms with Gasteiger partial charge in [0.1, 0.15) is 0 Å². The van der Waals surface area contributed by atoms with Gasteiger partial charge in [0.2, 0.25) is 0 Å². The van der Waals surface area contributed by atoms with Crippen molar-refractivity contribution in [1.82, 2.24) is 0 Å². The van der Waals surface area contributed by atoms with Crippen LogP contribution in [0.25, 0.3) is 0 Å². The zero-order valence-electron chi connectivity index (χ0n) is 11.5. The van der Waals surface area contributed by atoms with E-state index in [1.54, 1.807) is 0 Å². The molecule has 0 nitrogen and oxygen atoms in total. The number of hydrogen-bond acceptors (Lipinski definition) is 0. The zero-order chi connectivity index (χ0) is 12.9. The van der Waals surface area contributed by atoms with Crippen LogP contribution in [0.15, 0.2) is 60.7 Å². The highest BCUT2D eigenvalue weighted by atomic mass is 14.2. The second-order valence-electron chi connectivity index (χ2n) is 5.74. The van der Waals surface area contributed by atoms with E-state index >= 15 is 0 Å². The smallest absolute Gasteiger partial charge is 0.0124 e. The maximum Gasteiger partial charge on any atom is -0.0124 e. The number of rotatable bonds is 3. The topological polar surface area (TPSA) is 0 Å². The minimum absolute atomic E-state index is 0.687. The number of benzene rings is 1. The van der Waals surface area contributed by atoms with Crippen molar-refractivity contribution in [1.29, 1.82) is 0 Å². The molecule has 98 valence electrons. The fraction of sp³-hybridized carbons (Fsp3) is 0.368. The molecule has 0 heterocycles. The molecule has 0 saturated heterocycles. The molecule has 2 aliphatic rings. The summed E-state index contributed by atoms with van der Waals surface area (Å²) in [5, 5.41) is 0. The fourth-order valence-electron chi connectivity index (χ4n) is 3.16. The lowest BCUT2D eigenvalue weighted by atomic mass is 9.85. The molecule has 2 atom stereocenters. The number of hydrogen-bond donors (Lipinski definition) is 0. The van der Waals surface area contributed by atoms with Gasteiger partial charge in [-0.2, -0.15) is 0 Å². The van der Waals surface area contributed by atoms with Crippen LogP contribution in [0.4, 0.5) is 0 Å². The quantitative estimate of drug-likeness (QED) is 0.648. The summed E-state index contributed by atoms with van der Waals surface area (Å²) < 4.78 is 0. The van der Waals surface area contributed by atoms with Crippen molar-refractivity contribution in [2.24, 2.45) is 5.92 Å². The lowest BCUT2D eigenvalue weighted by Crippen LogP contribution is -2.05.